The minimum atomic E-state index is -0.660. The summed E-state index contributed by atoms with van der Waals surface area (Å²) in [6.07, 6.45) is 0.159. The number of nitro benzene ring substituents is 1. The van der Waals surface area contributed by atoms with Crippen LogP contribution in [-0.2, 0) is 4.74 Å². The molecule has 8 heteroatoms. The highest BCUT2D eigenvalue weighted by Gasteiger charge is 2.19. The molecule has 0 aromatic heterocycles. The van der Waals surface area contributed by atoms with Gasteiger partial charge in [-0.25, -0.2) is 4.79 Å². The zero-order valence-corrected chi connectivity index (χ0v) is 17.8. The lowest BCUT2D eigenvalue weighted by atomic mass is 10.1. The Balaban J connectivity index is 0.00000341. The third-order valence-electron chi connectivity index (χ3n) is 4.71. The number of aryl methyl sites for hydroxylation is 1. The Morgan fingerprint density at radius 1 is 1.00 bits per heavy atom. The summed E-state index contributed by atoms with van der Waals surface area (Å²) in [6.45, 7) is 2.06. The molecule has 0 aliphatic rings. The molecular formula is C23H26BN2O4P. The number of hydrogen-bond acceptors (Lipinski definition) is 4. The van der Waals surface area contributed by atoms with Crippen LogP contribution in [0, 0.1) is 17.0 Å². The van der Waals surface area contributed by atoms with Crippen LogP contribution in [0.5, 0.6) is 0 Å². The summed E-state index contributed by atoms with van der Waals surface area (Å²) in [5, 5.41) is 13.5. The zero-order valence-electron chi connectivity index (χ0n) is 16.9. The highest BCUT2D eigenvalue weighted by Crippen LogP contribution is 2.33. The van der Waals surface area contributed by atoms with Crippen molar-refractivity contribution in [2.24, 2.45) is 0 Å². The monoisotopic (exact) mass is 436 g/mol. The molecule has 160 valence electrons. The maximum absolute atomic E-state index is 12.6. The Bertz CT molecular complexity index is 979. The minimum Gasteiger partial charge on any atom is -0.449 e. The Kier molecular flexibility index (Phi) is 8.77. The van der Waals surface area contributed by atoms with Gasteiger partial charge in [0.25, 0.3) is 5.69 Å². The predicted octanol–water partition coefficient (Wildman–Crippen LogP) is 3.43. The van der Waals surface area contributed by atoms with E-state index in [-0.39, 0.29) is 20.7 Å². The second kappa shape index (κ2) is 11.3. The standard InChI is InChI=1S/C23H23N2O4P.BH3/c1-18-13-14-19(25(27)28)17-22(18)24(2)23(26)29-15-16-30(20-9-5-3-6-10-20)21-11-7-4-8-12-21;/h3-14,17H,15-16H2,1-2H3;1H3. The van der Waals surface area contributed by atoms with Crippen molar-refractivity contribution in [1.29, 1.82) is 0 Å². The Morgan fingerprint density at radius 2 is 1.55 bits per heavy atom. The Morgan fingerprint density at radius 3 is 2.06 bits per heavy atom. The molecule has 3 rings (SSSR count). The van der Waals surface area contributed by atoms with Gasteiger partial charge in [0, 0.05) is 25.3 Å². The van der Waals surface area contributed by atoms with E-state index in [1.54, 1.807) is 20.0 Å². The third-order valence-corrected chi connectivity index (χ3v) is 7.19. The number of carbonyl (C=O) groups excluding carboxylic acids is 1. The molecule has 1 amide bonds. The smallest absolute Gasteiger partial charge is 0.414 e. The van der Waals surface area contributed by atoms with Crippen LogP contribution in [0.15, 0.2) is 78.9 Å². The molecule has 0 bridgehead atoms. The van der Waals surface area contributed by atoms with E-state index in [1.807, 2.05) is 36.4 Å². The lowest BCUT2D eigenvalue weighted by Gasteiger charge is -2.21. The van der Waals surface area contributed by atoms with Crippen LogP contribution in [0.2, 0.25) is 0 Å². The van der Waals surface area contributed by atoms with Gasteiger partial charge in [-0.05, 0) is 31.0 Å². The number of ether oxygens (including phenoxy) is 1. The first kappa shape index (κ1) is 24.1. The van der Waals surface area contributed by atoms with Crippen LogP contribution in [0.4, 0.5) is 16.2 Å². The summed E-state index contributed by atoms with van der Waals surface area (Å²) >= 11 is 0. The number of benzene rings is 3. The topological polar surface area (TPSA) is 72.7 Å². The fourth-order valence-electron chi connectivity index (χ4n) is 3.12. The Labute approximate surface area is 185 Å². The third kappa shape index (κ3) is 6.16. The first-order valence-corrected chi connectivity index (χ1v) is 11.0. The van der Waals surface area contributed by atoms with E-state index in [2.05, 4.69) is 24.3 Å². The average Bonchev–Trinajstić information content (AvgIpc) is 2.77. The lowest BCUT2D eigenvalue weighted by Crippen LogP contribution is -2.29. The van der Waals surface area contributed by atoms with Gasteiger partial charge >= 0.3 is 6.09 Å². The van der Waals surface area contributed by atoms with E-state index >= 15 is 0 Å². The molecule has 0 unspecified atom stereocenters. The predicted molar refractivity (Wildman–Crippen MR) is 131 cm³/mol. The van der Waals surface area contributed by atoms with Gasteiger partial charge in [-0.1, -0.05) is 66.7 Å². The number of hydrogen-bond donors (Lipinski definition) is 0. The van der Waals surface area contributed by atoms with Gasteiger partial charge in [0.05, 0.1) is 25.6 Å². The molecule has 6 nitrogen and oxygen atoms in total. The normalized spacial score (nSPS) is 10.3. The van der Waals surface area contributed by atoms with E-state index in [0.717, 1.165) is 5.56 Å². The van der Waals surface area contributed by atoms with Gasteiger partial charge in [-0.15, -0.1) is 0 Å². The molecule has 0 saturated carbocycles. The molecule has 0 aliphatic carbocycles. The number of anilines is 1. The molecule has 31 heavy (non-hydrogen) atoms. The molecule has 0 heterocycles. The number of nitro groups is 1. The first-order chi connectivity index (χ1) is 14.5. The molecule has 3 aromatic carbocycles. The van der Waals surface area contributed by atoms with Crippen molar-refractivity contribution in [3.8, 4) is 0 Å². The van der Waals surface area contributed by atoms with Gasteiger partial charge in [-0.2, -0.15) is 0 Å². The summed E-state index contributed by atoms with van der Waals surface area (Å²) in [4.78, 5) is 24.5. The molecule has 0 N–H and O–H groups in total. The van der Waals surface area contributed by atoms with Crippen LogP contribution in [0.1, 0.15) is 5.56 Å². The van der Waals surface area contributed by atoms with Crippen LogP contribution < -0.4 is 15.5 Å². The summed E-state index contributed by atoms with van der Waals surface area (Å²) in [7, 11) is 0.901. The van der Waals surface area contributed by atoms with E-state index in [0.29, 0.717) is 11.8 Å². The number of carbonyl (C=O) groups is 1. The summed E-state index contributed by atoms with van der Waals surface area (Å²) in [5.41, 5.74) is 1.16. The summed E-state index contributed by atoms with van der Waals surface area (Å²) < 4.78 is 5.52. The minimum absolute atomic E-state index is 0. The quantitative estimate of drug-likeness (QED) is 0.246. The second-order valence-electron chi connectivity index (χ2n) is 6.72. The molecule has 0 spiro atoms. The van der Waals surface area contributed by atoms with Gasteiger partial charge in [0.15, 0.2) is 0 Å². The summed E-state index contributed by atoms with van der Waals surface area (Å²) in [6, 6.07) is 24.8. The SMILES string of the molecule is B.Cc1ccc([N+](=O)[O-])cc1N(C)C(=O)OCCP(c1ccccc1)c1ccccc1. The van der Waals surface area contributed by atoms with E-state index < -0.39 is 18.9 Å². The van der Waals surface area contributed by atoms with Crippen molar-refractivity contribution in [3.05, 3.63) is 94.5 Å². The molecule has 0 fully saturated rings. The van der Waals surface area contributed by atoms with Gasteiger partial charge in [-0.3, -0.25) is 15.0 Å². The molecule has 0 saturated heterocycles. The number of nitrogens with zero attached hydrogens (tertiary/aromatic N) is 2. The van der Waals surface area contributed by atoms with Crippen molar-refractivity contribution in [2.45, 2.75) is 6.92 Å². The maximum Gasteiger partial charge on any atom is 0.414 e. The number of non-ortho nitro benzene ring substituents is 1. The van der Waals surface area contributed by atoms with Gasteiger partial charge < -0.3 is 4.74 Å². The number of rotatable bonds is 7. The van der Waals surface area contributed by atoms with Gasteiger partial charge in [0.2, 0.25) is 0 Å². The lowest BCUT2D eigenvalue weighted by molar-refractivity contribution is -0.384. The van der Waals surface area contributed by atoms with Crippen molar-refractivity contribution in [3.63, 3.8) is 0 Å². The molecule has 3 aromatic rings. The zero-order chi connectivity index (χ0) is 21.5. The van der Waals surface area contributed by atoms with Crippen LogP contribution in [0.25, 0.3) is 0 Å². The van der Waals surface area contributed by atoms with Crippen LogP contribution in [-0.4, -0.2) is 39.2 Å². The largest absolute Gasteiger partial charge is 0.449 e. The van der Waals surface area contributed by atoms with Crippen molar-refractivity contribution >= 4 is 44.4 Å². The highest BCUT2D eigenvalue weighted by atomic mass is 31.1. The highest BCUT2D eigenvalue weighted by molar-refractivity contribution is 7.73. The fourth-order valence-corrected chi connectivity index (χ4v) is 5.27. The molecule has 0 radical (unpaired) electrons. The molecule has 0 aliphatic heterocycles. The Hall–Kier alpha value is -3.18. The van der Waals surface area contributed by atoms with E-state index in [4.69, 9.17) is 4.74 Å². The summed E-state index contributed by atoms with van der Waals surface area (Å²) in [5.74, 6) is 0. The van der Waals surface area contributed by atoms with E-state index in [1.165, 1.54) is 27.6 Å². The second-order valence-corrected chi connectivity index (χ2v) is 9.06. The van der Waals surface area contributed by atoms with Crippen molar-refractivity contribution in [2.75, 3.05) is 24.7 Å². The fraction of sp³-hybridized carbons (Fsp3) is 0.174. The van der Waals surface area contributed by atoms with Crippen molar-refractivity contribution in [1.82, 2.24) is 0 Å². The van der Waals surface area contributed by atoms with Crippen LogP contribution >= 0.6 is 7.92 Å². The first-order valence-electron chi connectivity index (χ1n) is 9.50. The molecular weight excluding hydrogens is 410 g/mol. The maximum atomic E-state index is 12.6. The van der Waals surface area contributed by atoms with E-state index in [9.17, 15) is 14.9 Å². The van der Waals surface area contributed by atoms with Crippen molar-refractivity contribution < 1.29 is 14.5 Å². The van der Waals surface area contributed by atoms with Gasteiger partial charge in [0.1, 0.15) is 0 Å². The average molecular weight is 436 g/mol. The van der Waals surface area contributed by atoms with Crippen LogP contribution in [0.3, 0.4) is 0 Å². The number of amides is 1. The molecule has 0 atom stereocenters.